The van der Waals surface area contributed by atoms with Gasteiger partial charge in [-0.1, -0.05) is 35.2 Å². The maximum atomic E-state index is 13.8. The molecule has 3 aliphatic heterocycles. The highest BCUT2D eigenvalue weighted by Crippen LogP contribution is 2.53. The van der Waals surface area contributed by atoms with Crippen LogP contribution in [0.4, 0.5) is 15.8 Å². The number of carbonyl (C=O) groups excluding carboxylic acids is 3. The predicted octanol–water partition coefficient (Wildman–Crippen LogP) is 2.61. The van der Waals surface area contributed by atoms with Crippen LogP contribution in [0.25, 0.3) is 0 Å². The van der Waals surface area contributed by atoms with Gasteiger partial charge in [0.25, 0.3) is 5.69 Å². The summed E-state index contributed by atoms with van der Waals surface area (Å²) in [5, 5.41) is 10.6. The number of nitro benzene ring substituents is 1. The van der Waals surface area contributed by atoms with Gasteiger partial charge in [0, 0.05) is 36.0 Å². The third kappa shape index (κ3) is 4.41. The SMILES string of the molecule is O=C(Cn1c2c(sc1=O)[C@@H](c1ccc(F)cc1)[C@H]1C(=O)N(c3ccc([N+](=O)[O-])cc3)C(=O)[C@H]1S2)N1CCOCC1. The number of aromatic nitrogens is 1. The van der Waals surface area contributed by atoms with Crippen LogP contribution in [-0.2, 0) is 25.7 Å². The first kappa shape index (κ1) is 26.3. The van der Waals surface area contributed by atoms with Crippen molar-refractivity contribution in [3.8, 4) is 0 Å². The van der Waals surface area contributed by atoms with Crippen LogP contribution in [0.1, 0.15) is 16.4 Å². The van der Waals surface area contributed by atoms with Crippen LogP contribution in [0, 0.1) is 21.8 Å². The van der Waals surface area contributed by atoms with Crippen molar-refractivity contribution in [2.75, 3.05) is 31.2 Å². The number of thioether (sulfide) groups is 1. The summed E-state index contributed by atoms with van der Waals surface area (Å²) in [6.45, 7) is 1.41. The lowest BCUT2D eigenvalue weighted by atomic mass is 9.83. The number of thiazole rings is 1. The number of hydrogen-bond acceptors (Lipinski definition) is 9. The summed E-state index contributed by atoms with van der Waals surface area (Å²) in [6.07, 6.45) is 0. The summed E-state index contributed by atoms with van der Waals surface area (Å²) < 4.78 is 20.5. The van der Waals surface area contributed by atoms with Crippen LogP contribution in [-0.4, -0.2) is 63.7 Å². The molecule has 0 bridgehead atoms. The summed E-state index contributed by atoms with van der Waals surface area (Å²) in [4.78, 5) is 67.1. The number of benzene rings is 2. The fourth-order valence-corrected chi connectivity index (χ4v) is 8.08. The minimum atomic E-state index is -0.927. The predicted molar refractivity (Wildman–Crippen MR) is 143 cm³/mol. The second-order valence-corrected chi connectivity index (χ2v) is 11.6. The van der Waals surface area contributed by atoms with Gasteiger partial charge in [-0.15, -0.1) is 0 Å². The van der Waals surface area contributed by atoms with E-state index in [1.807, 2.05) is 0 Å². The van der Waals surface area contributed by atoms with Crippen molar-refractivity contribution in [3.05, 3.63) is 84.6 Å². The molecule has 2 saturated heterocycles. The number of nitrogens with zero attached hydrogens (tertiary/aromatic N) is 4. The van der Waals surface area contributed by atoms with Crippen molar-refractivity contribution in [2.45, 2.75) is 22.7 Å². The van der Waals surface area contributed by atoms with E-state index in [4.69, 9.17) is 4.74 Å². The van der Waals surface area contributed by atoms with Gasteiger partial charge in [-0.05, 0) is 29.8 Å². The smallest absolute Gasteiger partial charge is 0.308 e. The highest BCUT2D eigenvalue weighted by Gasteiger charge is 2.56. The summed E-state index contributed by atoms with van der Waals surface area (Å²) in [5.41, 5.74) is 0.559. The highest BCUT2D eigenvalue weighted by atomic mass is 32.2. The molecule has 0 aliphatic carbocycles. The van der Waals surface area contributed by atoms with E-state index < -0.39 is 44.5 Å². The molecule has 0 N–H and O–H groups in total. The van der Waals surface area contributed by atoms with E-state index in [1.54, 1.807) is 4.90 Å². The van der Waals surface area contributed by atoms with Gasteiger partial charge in [0.2, 0.25) is 17.7 Å². The Kier molecular flexibility index (Phi) is 6.76. The molecule has 4 heterocycles. The number of ether oxygens (including phenoxy) is 1. The first-order chi connectivity index (χ1) is 19.2. The zero-order valence-corrected chi connectivity index (χ0v) is 22.4. The number of amides is 3. The Hall–Kier alpha value is -3.88. The Morgan fingerprint density at radius 1 is 1.02 bits per heavy atom. The Bertz CT molecular complexity index is 1580. The third-order valence-corrected chi connectivity index (χ3v) is 9.86. The van der Waals surface area contributed by atoms with Crippen molar-refractivity contribution >= 4 is 52.2 Å². The van der Waals surface area contributed by atoms with Crippen molar-refractivity contribution in [2.24, 2.45) is 5.92 Å². The quantitative estimate of drug-likeness (QED) is 0.254. The molecule has 11 nitrogen and oxygen atoms in total. The molecule has 3 aromatic rings. The molecule has 3 amide bonds. The fraction of sp³-hybridized carbons (Fsp3) is 0.308. The Morgan fingerprint density at radius 2 is 1.70 bits per heavy atom. The molecule has 40 heavy (non-hydrogen) atoms. The number of morpholine rings is 1. The number of halogens is 1. The number of imide groups is 1. The maximum absolute atomic E-state index is 13.8. The second kappa shape index (κ2) is 10.3. The molecule has 0 spiro atoms. The van der Waals surface area contributed by atoms with Gasteiger partial charge in [0.15, 0.2) is 0 Å². The average Bonchev–Trinajstić information content (AvgIpc) is 3.40. The van der Waals surface area contributed by atoms with Crippen LogP contribution in [0.15, 0.2) is 58.4 Å². The fourth-order valence-electron chi connectivity index (χ4n) is 5.31. The number of carbonyl (C=O) groups is 3. The lowest BCUT2D eigenvalue weighted by Gasteiger charge is -2.31. The Balaban J connectivity index is 1.41. The minimum absolute atomic E-state index is 0.185. The van der Waals surface area contributed by atoms with Gasteiger partial charge in [-0.3, -0.25) is 33.9 Å². The molecule has 1 aromatic heterocycles. The summed E-state index contributed by atoms with van der Waals surface area (Å²) in [6, 6.07) is 10.7. The van der Waals surface area contributed by atoms with Gasteiger partial charge in [-0.2, -0.15) is 0 Å². The Morgan fingerprint density at radius 3 is 2.35 bits per heavy atom. The first-order valence-electron chi connectivity index (χ1n) is 12.4. The lowest BCUT2D eigenvalue weighted by Crippen LogP contribution is -2.43. The molecule has 206 valence electrons. The Labute approximate surface area is 234 Å². The summed E-state index contributed by atoms with van der Waals surface area (Å²) in [5.74, 6) is -3.43. The van der Waals surface area contributed by atoms with E-state index in [9.17, 15) is 33.7 Å². The zero-order chi connectivity index (χ0) is 28.1. The minimum Gasteiger partial charge on any atom is -0.378 e. The molecule has 3 aliphatic rings. The zero-order valence-electron chi connectivity index (χ0n) is 20.7. The summed E-state index contributed by atoms with van der Waals surface area (Å²) in [7, 11) is 0. The van der Waals surface area contributed by atoms with Crippen LogP contribution in [0.3, 0.4) is 0 Å². The van der Waals surface area contributed by atoms with E-state index in [-0.39, 0.29) is 23.8 Å². The van der Waals surface area contributed by atoms with E-state index in [0.717, 1.165) is 28.0 Å². The van der Waals surface area contributed by atoms with Crippen LogP contribution < -0.4 is 9.77 Å². The number of nitro groups is 1. The topological polar surface area (TPSA) is 132 Å². The monoisotopic (exact) mass is 584 g/mol. The molecule has 3 atom stereocenters. The molecule has 0 saturated carbocycles. The number of anilines is 1. The summed E-state index contributed by atoms with van der Waals surface area (Å²) >= 11 is 1.97. The maximum Gasteiger partial charge on any atom is 0.308 e. The van der Waals surface area contributed by atoms with Crippen LogP contribution >= 0.6 is 23.1 Å². The first-order valence-corrected chi connectivity index (χ1v) is 14.1. The van der Waals surface area contributed by atoms with Gasteiger partial charge in [-0.25, -0.2) is 9.29 Å². The van der Waals surface area contributed by atoms with Crippen LogP contribution in [0.2, 0.25) is 0 Å². The van der Waals surface area contributed by atoms with E-state index in [1.165, 1.54) is 53.1 Å². The van der Waals surface area contributed by atoms with Crippen molar-refractivity contribution < 1.29 is 28.4 Å². The standard InChI is InChI=1S/C26H21FN4O7S2/c27-15-3-1-14(2-4-15)19-20-21(24(34)30(23(20)33)16-5-7-17(8-6-16)31(36)37)39-25-22(19)40-26(35)29(25)13-18(32)28-9-11-38-12-10-28/h1-8,19-21H,9-13H2/t19-,20+,21-/m0/s1. The van der Waals surface area contributed by atoms with E-state index in [0.29, 0.717) is 41.8 Å². The number of hydrogen-bond donors (Lipinski definition) is 0. The van der Waals surface area contributed by atoms with Gasteiger partial charge in [0.1, 0.15) is 17.6 Å². The van der Waals surface area contributed by atoms with Crippen molar-refractivity contribution in [1.82, 2.24) is 9.47 Å². The van der Waals surface area contributed by atoms with Crippen molar-refractivity contribution in [1.29, 1.82) is 0 Å². The molecule has 6 rings (SSSR count). The second-order valence-electron chi connectivity index (χ2n) is 9.50. The molecule has 0 radical (unpaired) electrons. The number of rotatable bonds is 5. The van der Waals surface area contributed by atoms with E-state index >= 15 is 0 Å². The average molecular weight is 585 g/mol. The molecule has 14 heteroatoms. The highest BCUT2D eigenvalue weighted by molar-refractivity contribution is 8.00. The third-order valence-electron chi connectivity index (χ3n) is 7.25. The normalized spacial score (nSPS) is 22.3. The molecule has 2 aromatic carbocycles. The molecule has 0 unspecified atom stereocenters. The number of fused-ring (bicyclic) bond motifs is 2. The lowest BCUT2D eigenvalue weighted by molar-refractivity contribution is -0.384. The number of non-ortho nitro benzene ring substituents is 1. The molecular formula is C26H21FN4O7S2. The largest absolute Gasteiger partial charge is 0.378 e. The molecule has 2 fully saturated rings. The van der Waals surface area contributed by atoms with E-state index in [2.05, 4.69) is 0 Å². The van der Waals surface area contributed by atoms with Crippen LogP contribution in [0.5, 0.6) is 0 Å². The van der Waals surface area contributed by atoms with Gasteiger partial charge in [0.05, 0.1) is 34.8 Å². The van der Waals surface area contributed by atoms with Gasteiger partial charge >= 0.3 is 4.87 Å². The molecular weight excluding hydrogens is 563 g/mol. The van der Waals surface area contributed by atoms with Crippen molar-refractivity contribution in [3.63, 3.8) is 0 Å². The van der Waals surface area contributed by atoms with Gasteiger partial charge < -0.3 is 9.64 Å².